The Morgan fingerprint density at radius 2 is 1.52 bits per heavy atom. The van der Waals surface area contributed by atoms with Crippen LogP contribution in [0.5, 0.6) is 0 Å². The predicted octanol–water partition coefficient (Wildman–Crippen LogP) is 3.69. The van der Waals surface area contributed by atoms with E-state index in [1.807, 2.05) is 42.5 Å². The molecule has 0 spiro atoms. The third kappa shape index (κ3) is 7.61. The summed E-state index contributed by atoms with van der Waals surface area (Å²) in [5, 5.41) is 5.82. The van der Waals surface area contributed by atoms with Crippen LogP contribution in [0.15, 0.2) is 78.9 Å². The number of hydrogen-bond donors (Lipinski definition) is 2. The average molecular weight is 592 g/mol. The molecule has 2 fully saturated rings. The summed E-state index contributed by atoms with van der Waals surface area (Å²) < 4.78 is 37.0. The number of benzene rings is 3. The molecule has 0 radical (unpaired) electrons. The fourth-order valence-electron chi connectivity index (χ4n) is 5.28. The lowest BCUT2D eigenvalue weighted by atomic mass is 10.0. The maximum atomic E-state index is 13.4. The minimum Gasteiger partial charge on any atom is -0.353 e. The zero-order valence-corrected chi connectivity index (χ0v) is 24.0. The van der Waals surface area contributed by atoms with Crippen molar-refractivity contribution in [3.63, 3.8) is 0 Å². The van der Waals surface area contributed by atoms with E-state index in [9.17, 15) is 27.2 Å². The highest BCUT2D eigenvalue weighted by atomic mass is 32.2. The van der Waals surface area contributed by atoms with Gasteiger partial charge >= 0.3 is 0 Å². The molecule has 2 N–H and O–H groups in total. The van der Waals surface area contributed by atoms with Gasteiger partial charge in [0.2, 0.25) is 11.8 Å². The molecule has 1 saturated heterocycles. The Labute approximate surface area is 245 Å². The topological polar surface area (TPSA) is 113 Å². The number of halogens is 1. The lowest BCUT2D eigenvalue weighted by molar-refractivity contribution is -0.133. The van der Waals surface area contributed by atoms with Gasteiger partial charge in [0.1, 0.15) is 11.9 Å². The smallest absolute Gasteiger partial charge is 0.251 e. The largest absolute Gasteiger partial charge is 0.353 e. The minimum absolute atomic E-state index is 0.00532. The Bertz CT molecular complexity index is 1510. The van der Waals surface area contributed by atoms with Crippen molar-refractivity contribution in [1.29, 1.82) is 0 Å². The molecule has 3 aromatic rings. The standard InChI is InChI=1S/C32H34FN3O5S/c33-26-15-13-24(14-16-26)27-21-29(27)34-30(37)8-4-7-28(32(39)36-17-19-42(40,41)20-18-36)35-31(38)25-11-9-23(10-12-25)22-5-2-1-3-6-22/h1-3,5-6,9-16,27-29H,4,7-8,17-21H2,(H,34,37)(H,35,38)/t27-,28+,29+/m1/s1. The van der Waals surface area contributed by atoms with Crippen LogP contribution < -0.4 is 10.6 Å². The highest BCUT2D eigenvalue weighted by Gasteiger charge is 2.39. The summed E-state index contributed by atoms with van der Waals surface area (Å²) in [4.78, 5) is 40.6. The monoisotopic (exact) mass is 591 g/mol. The molecule has 1 aliphatic heterocycles. The molecule has 1 heterocycles. The van der Waals surface area contributed by atoms with Crippen molar-refractivity contribution in [2.24, 2.45) is 0 Å². The van der Waals surface area contributed by atoms with E-state index in [0.717, 1.165) is 23.1 Å². The Hall–Kier alpha value is -4.05. The maximum absolute atomic E-state index is 13.4. The first-order valence-corrected chi connectivity index (χ1v) is 16.0. The van der Waals surface area contributed by atoms with Crippen molar-refractivity contribution in [1.82, 2.24) is 15.5 Å². The predicted molar refractivity (Wildman–Crippen MR) is 158 cm³/mol. The van der Waals surface area contributed by atoms with Gasteiger partial charge in [-0.15, -0.1) is 0 Å². The zero-order chi connectivity index (χ0) is 29.7. The highest BCUT2D eigenvalue weighted by molar-refractivity contribution is 7.91. The summed E-state index contributed by atoms with van der Waals surface area (Å²) in [6.45, 7) is 0.151. The van der Waals surface area contributed by atoms with E-state index in [1.165, 1.54) is 17.0 Å². The van der Waals surface area contributed by atoms with Crippen LogP contribution >= 0.6 is 0 Å². The lowest BCUT2D eigenvalue weighted by Crippen LogP contribution is -2.52. The van der Waals surface area contributed by atoms with Crippen LogP contribution in [0.25, 0.3) is 11.1 Å². The molecule has 3 atom stereocenters. The van der Waals surface area contributed by atoms with E-state index in [0.29, 0.717) is 12.0 Å². The van der Waals surface area contributed by atoms with Crippen molar-refractivity contribution < 1.29 is 27.2 Å². The Morgan fingerprint density at radius 1 is 0.881 bits per heavy atom. The molecular weight excluding hydrogens is 557 g/mol. The van der Waals surface area contributed by atoms with E-state index in [1.54, 1.807) is 24.3 Å². The lowest BCUT2D eigenvalue weighted by Gasteiger charge is -2.30. The number of nitrogens with one attached hydrogen (secondary N) is 2. The van der Waals surface area contributed by atoms with Crippen LogP contribution in [0.1, 0.15) is 47.5 Å². The van der Waals surface area contributed by atoms with Crippen LogP contribution in [0.3, 0.4) is 0 Å². The molecule has 220 valence electrons. The number of amides is 3. The summed E-state index contributed by atoms with van der Waals surface area (Å²) in [7, 11) is -3.18. The van der Waals surface area contributed by atoms with Crippen LogP contribution in [0.4, 0.5) is 4.39 Å². The molecular formula is C32H34FN3O5S. The normalized spacial score (nSPS) is 19.9. The van der Waals surface area contributed by atoms with Crippen molar-refractivity contribution >= 4 is 27.6 Å². The third-order valence-corrected chi connectivity index (χ3v) is 9.45. The van der Waals surface area contributed by atoms with Crippen LogP contribution in [0, 0.1) is 5.82 Å². The van der Waals surface area contributed by atoms with Gasteiger partial charge in [0.05, 0.1) is 11.5 Å². The number of hydrogen-bond acceptors (Lipinski definition) is 5. The summed E-state index contributed by atoms with van der Waals surface area (Å²) >= 11 is 0. The first-order chi connectivity index (χ1) is 20.2. The van der Waals surface area contributed by atoms with E-state index >= 15 is 0 Å². The quantitative estimate of drug-likeness (QED) is 0.374. The molecule has 1 aliphatic carbocycles. The molecule has 3 aromatic carbocycles. The third-order valence-electron chi connectivity index (χ3n) is 7.85. The first kappa shape index (κ1) is 29.4. The van der Waals surface area contributed by atoms with Crippen LogP contribution in [-0.4, -0.2) is 67.7 Å². The molecule has 1 saturated carbocycles. The SMILES string of the molecule is O=C(CCC[C@H](NC(=O)c1ccc(-c2ccccc2)cc1)C(=O)N1CCS(=O)(=O)CC1)N[C@H]1C[C@@H]1c1ccc(F)cc1. The molecule has 5 rings (SSSR count). The highest BCUT2D eigenvalue weighted by Crippen LogP contribution is 2.40. The molecule has 2 aliphatic rings. The number of sulfone groups is 1. The van der Waals surface area contributed by atoms with Crippen molar-refractivity contribution in [3.05, 3.63) is 95.8 Å². The van der Waals surface area contributed by atoms with Crippen molar-refractivity contribution in [3.8, 4) is 11.1 Å². The zero-order valence-electron chi connectivity index (χ0n) is 23.2. The number of carbonyl (C=O) groups is 3. The second kappa shape index (κ2) is 12.9. The van der Waals surface area contributed by atoms with Gasteiger partial charge in [0.15, 0.2) is 9.84 Å². The Morgan fingerprint density at radius 3 is 2.19 bits per heavy atom. The van der Waals surface area contributed by atoms with Gasteiger partial charge in [-0.3, -0.25) is 14.4 Å². The minimum atomic E-state index is -3.18. The van der Waals surface area contributed by atoms with Gasteiger partial charge < -0.3 is 15.5 Å². The van der Waals surface area contributed by atoms with Crippen molar-refractivity contribution in [2.45, 2.75) is 43.7 Å². The fraction of sp³-hybridized carbons (Fsp3) is 0.344. The average Bonchev–Trinajstić information content (AvgIpc) is 3.76. The van der Waals surface area contributed by atoms with Crippen LogP contribution in [-0.2, 0) is 19.4 Å². The number of nitrogens with zero attached hydrogens (tertiary/aromatic N) is 1. The summed E-state index contributed by atoms with van der Waals surface area (Å²) in [6, 6.07) is 22.2. The summed E-state index contributed by atoms with van der Waals surface area (Å²) in [5.41, 5.74) is 3.35. The molecule has 10 heteroatoms. The van der Waals surface area contributed by atoms with Gasteiger partial charge in [-0.05, 0) is 60.2 Å². The Balaban J connectivity index is 1.18. The molecule has 8 nitrogen and oxygen atoms in total. The molecule has 3 amide bonds. The second-order valence-electron chi connectivity index (χ2n) is 10.9. The molecule has 42 heavy (non-hydrogen) atoms. The fourth-order valence-corrected chi connectivity index (χ4v) is 6.48. The van der Waals surface area contributed by atoms with E-state index in [4.69, 9.17) is 0 Å². The van der Waals surface area contributed by atoms with Crippen LogP contribution in [0.2, 0.25) is 0 Å². The van der Waals surface area contributed by atoms with Gasteiger partial charge in [0.25, 0.3) is 5.91 Å². The maximum Gasteiger partial charge on any atom is 0.251 e. The molecule has 0 unspecified atom stereocenters. The number of rotatable bonds is 10. The van der Waals surface area contributed by atoms with E-state index < -0.39 is 21.8 Å². The van der Waals surface area contributed by atoms with Crippen molar-refractivity contribution in [2.75, 3.05) is 24.6 Å². The number of carbonyl (C=O) groups excluding carboxylic acids is 3. The van der Waals surface area contributed by atoms with E-state index in [-0.39, 0.29) is 67.0 Å². The summed E-state index contributed by atoms with van der Waals surface area (Å²) in [6.07, 6.45) is 1.55. The van der Waals surface area contributed by atoms with Gasteiger partial charge in [0, 0.05) is 37.0 Å². The van der Waals surface area contributed by atoms with Gasteiger partial charge in [-0.1, -0.05) is 54.6 Å². The first-order valence-electron chi connectivity index (χ1n) is 14.2. The van der Waals surface area contributed by atoms with Gasteiger partial charge in [-0.25, -0.2) is 12.8 Å². The molecule has 0 bridgehead atoms. The summed E-state index contributed by atoms with van der Waals surface area (Å²) in [5.74, 6) is -1.28. The van der Waals surface area contributed by atoms with Gasteiger partial charge in [-0.2, -0.15) is 0 Å². The van der Waals surface area contributed by atoms with E-state index in [2.05, 4.69) is 10.6 Å². The second-order valence-corrected chi connectivity index (χ2v) is 13.2. The molecule has 0 aromatic heterocycles. The Kier molecular flexibility index (Phi) is 9.01.